The molecule has 0 aromatic carbocycles. The third kappa shape index (κ3) is 5.27. The Labute approximate surface area is 143 Å². The van der Waals surface area contributed by atoms with Crippen molar-refractivity contribution < 1.29 is 49.8 Å². The van der Waals surface area contributed by atoms with Crippen LogP contribution < -0.4 is 0 Å². The van der Waals surface area contributed by atoms with Crippen molar-refractivity contribution in [3.63, 3.8) is 0 Å². The van der Waals surface area contributed by atoms with Gasteiger partial charge in [-0.1, -0.05) is 6.92 Å². The Bertz CT molecular complexity index is 495. The fraction of sp³-hybridized carbons (Fsp3) is 0.800. The highest BCUT2D eigenvalue weighted by molar-refractivity contribution is 5.81. The van der Waals surface area contributed by atoms with Crippen molar-refractivity contribution >= 4 is 18.0 Å². The molecule has 0 radical (unpaired) electrons. The monoisotopic (exact) mass is 364 g/mol. The number of Topliss-reactive ketones (excluding diaryl/α,β-unsaturated/α-hetero) is 1. The molecular weight excluding hydrogens is 340 g/mol. The van der Waals surface area contributed by atoms with Crippen LogP contribution in [0.15, 0.2) is 0 Å². The van der Waals surface area contributed by atoms with Gasteiger partial charge in [0.05, 0.1) is 18.8 Å². The smallest absolute Gasteiger partial charge is 0.364 e. The summed E-state index contributed by atoms with van der Waals surface area (Å²) in [5.41, 5.74) is 0. The molecule has 10 heteroatoms. The molecule has 1 aliphatic heterocycles. The Morgan fingerprint density at radius 1 is 1.36 bits per heavy atom. The van der Waals surface area contributed by atoms with E-state index in [9.17, 15) is 34.8 Å². The van der Waals surface area contributed by atoms with Crippen molar-refractivity contribution in [3.05, 3.63) is 0 Å². The Morgan fingerprint density at radius 2 is 1.96 bits per heavy atom. The van der Waals surface area contributed by atoms with Crippen LogP contribution >= 0.6 is 0 Å². The van der Waals surface area contributed by atoms with Crippen LogP contribution in [0.2, 0.25) is 0 Å². The molecule has 0 spiro atoms. The molecule has 144 valence electrons. The third-order valence-electron chi connectivity index (χ3n) is 4.23. The maximum Gasteiger partial charge on any atom is 0.364 e. The van der Waals surface area contributed by atoms with Gasteiger partial charge in [-0.2, -0.15) is 0 Å². The second-order valence-electron chi connectivity index (χ2n) is 6.41. The average Bonchev–Trinajstić information content (AvgIpc) is 2.55. The first-order valence-corrected chi connectivity index (χ1v) is 7.81. The molecule has 0 amide bonds. The Balaban J connectivity index is 3.03. The first-order chi connectivity index (χ1) is 11.6. The number of carbonyl (C=O) groups excluding carboxylic acids is 2. The molecule has 0 bridgehead atoms. The van der Waals surface area contributed by atoms with E-state index in [1.807, 2.05) is 0 Å². The SMILES string of the molecule is CC(C=O)CC(=O)CC1C(O)CC(O)(C(=O)O)OC1C(O)C(O)CO. The van der Waals surface area contributed by atoms with Gasteiger partial charge in [-0.3, -0.25) is 4.79 Å². The van der Waals surface area contributed by atoms with Crippen molar-refractivity contribution in [1.29, 1.82) is 0 Å². The minimum Gasteiger partial charge on any atom is -0.477 e. The van der Waals surface area contributed by atoms with Gasteiger partial charge in [0.2, 0.25) is 0 Å². The summed E-state index contributed by atoms with van der Waals surface area (Å²) in [6.07, 6.45) is -7.40. The van der Waals surface area contributed by atoms with Gasteiger partial charge in [0, 0.05) is 31.1 Å². The fourth-order valence-corrected chi connectivity index (χ4v) is 2.81. The molecule has 1 aliphatic rings. The van der Waals surface area contributed by atoms with E-state index in [2.05, 4.69) is 0 Å². The maximum atomic E-state index is 12.0. The van der Waals surface area contributed by atoms with E-state index in [0.29, 0.717) is 6.29 Å². The predicted octanol–water partition coefficient (Wildman–Crippen LogP) is -2.58. The third-order valence-corrected chi connectivity index (χ3v) is 4.23. The summed E-state index contributed by atoms with van der Waals surface area (Å²) >= 11 is 0. The highest BCUT2D eigenvalue weighted by Crippen LogP contribution is 2.36. The van der Waals surface area contributed by atoms with Crippen molar-refractivity contribution in [1.82, 2.24) is 0 Å². The predicted molar refractivity (Wildman–Crippen MR) is 80.1 cm³/mol. The molecule has 1 saturated heterocycles. The van der Waals surface area contributed by atoms with Crippen LogP contribution in [-0.2, 0) is 19.1 Å². The minimum atomic E-state index is -2.81. The molecule has 0 aromatic heterocycles. The normalized spacial score (nSPS) is 33.3. The lowest BCUT2D eigenvalue weighted by Gasteiger charge is -2.44. The van der Waals surface area contributed by atoms with Gasteiger partial charge in [0.25, 0.3) is 5.79 Å². The van der Waals surface area contributed by atoms with Crippen molar-refractivity contribution in [2.24, 2.45) is 11.8 Å². The molecule has 1 rings (SSSR count). The number of hydrogen-bond acceptors (Lipinski definition) is 9. The van der Waals surface area contributed by atoms with E-state index in [4.69, 9.17) is 14.9 Å². The second kappa shape index (κ2) is 8.79. The number of aliphatic carboxylic acids is 1. The second-order valence-corrected chi connectivity index (χ2v) is 6.41. The lowest BCUT2D eigenvalue weighted by molar-refractivity contribution is -0.304. The van der Waals surface area contributed by atoms with Gasteiger partial charge < -0.3 is 40.2 Å². The summed E-state index contributed by atoms with van der Waals surface area (Å²) in [5.74, 6) is -6.75. The number of carboxylic acid groups (broad SMARTS) is 1. The summed E-state index contributed by atoms with van der Waals surface area (Å²) in [6.45, 7) is 0.634. The number of aliphatic hydroxyl groups is 5. The zero-order valence-electron chi connectivity index (χ0n) is 13.7. The van der Waals surface area contributed by atoms with Crippen LogP contribution in [0.5, 0.6) is 0 Å². The molecule has 1 fully saturated rings. The molecule has 0 aliphatic carbocycles. The average molecular weight is 364 g/mol. The number of aldehydes is 1. The Morgan fingerprint density at radius 3 is 2.44 bits per heavy atom. The number of aliphatic hydroxyl groups excluding tert-OH is 4. The molecule has 6 N–H and O–H groups in total. The van der Waals surface area contributed by atoms with Crippen molar-refractivity contribution in [3.8, 4) is 0 Å². The van der Waals surface area contributed by atoms with Gasteiger partial charge in [-0.05, 0) is 0 Å². The van der Waals surface area contributed by atoms with Crippen LogP contribution in [0, 0.1) is 11.8 Å². The highest BCUT2D eigenvalue weighted by atomic mass is 16.7. The van der Waals surface area contributed by atoms with Gasteiger partial charge >= 0.3 is 5.97 Å². The Hall–Kier alpha value is -1.43. The van der Waals surface area contributed by atoms with Crippen LogP contribution in [0.4, 0.5) is 0 Å². The topological polar surface area (TPSA) is 182 Å². The molecule has 7 unspecified atom stereocenters. The van der Waals surface area contributed by atoms with Crippen LogP contribution in [0.25, 0.3) is 0 Å². The molecule has 10 nitrogen and oxygen atoms in total. The van der Waals surface area contributed by atoms with Gasteiger partial charge in [-0.25, -0.2) is 4.79 Å². The standard InChI is InChI=1S/C15H24O10/c1-7(5-16)2-8(18)3-9-10(19)4-15(24,14(22)23)25-13(9)12(21)11(20)6-17/h5,7,9-13,17,19-21,24H,2-4,6H2,1H3,(H,22,23). The molecule has 1 heterocycles. The number of carboxylic acids is 1. The first-order valence-electron chi connectivity index (χ1n) is 7.81. The Kier molecular flexibility index (Phi) is 7.60. The minimum absolute atomic E-state index is 0.124. The van der Waals surface area contributed by atoms with E-state index < -0.39 is 66.8 Å². The molecule has 7 atom stereocenters. The first kappa shape index (κ1) is 21.6. The van der Waals surface area contributed by atoms with Crippen molar-refractivity contribution in [2.75, 3.05) is 6.61 Å². The van der Waals surface area contributed by atoms with Crippen LogP contribution in [0.1, 0.15) is 26.2 Å². The van der Waals surface area contributed by atoms with Gasteiger partial charge in [-0.15, -0.1) is 0 Å². The summed E-state index contributed by atoms with van der Waals surface area (Å²) in [7, 11) is 0. The van der Waals surface area contributed by atoms with E-state index >= 15 is 0 Å². The van der Waals surface area contributed by atoms with Crippen molar-refractivity contribution in [2.45, 2.75) is 56.4 Å². The molecule has 0 aromatic rings. The quantitative estimate of drug-likeness (QED) is 0.238. The van der Waals surface area contributed by atoms with E-state index in [1.165, 1.54) is 6.92 Å². The largest absolute Gasteiger partial charge is 0.477 e. The van der Waals surface area contributed by atoms with E-state index in [-0.39, 0.29) is 12.8 Å². The van der Waals surface area contributed by atoms with Gasteiger partial charge in [0.15, 0.2) is 0 Å². The number of hydrogen-bond donors (Lipinski definition) is 6. The highest BCUT2D eigenvalue weighted by Gasteiger charge is 2.53. The lowest BCUT2D eigenvalue weighted by atomic mass is 9.79. The number of ketones is 1. The summed E-state index contributed by atoms with van der Waals surface area (Å²) in [6, 6.07) is 0. The molecule has 0 saturated carbocycles. The summed E-state index contributed by atoms with van der Waals surface area (Å²) in [4.78, 5) is 33.8. The number of ether oxygens (including phenoxy) is 1. The van der Waals surface area contributed by atoms with Gasteiger partial charge in [0.1, 0.15) is 24.3 Å². The molecular formula is C15H24O10. The summed E-state index contributed by atoms with van der Waals surface area (Å²) in [5, 5.41) is 57.8. The van der Waals surface area contributed by atoms with E-state index in [0.717, 1.165) is 0 Å². The maximum absolute atomic E-state index is 12.0. The summed E-state index contributed by atoms with van der Waals surface area (Å²) < 4.78 is 4.99. The van der Waals surface area contributed by atoms with Crippen LogP contribution in [-0.4, -0.2) is 85.5 Å². The number of carbonyl (C=O) groups is 3. The zero-order valence-corrected chi connectivity index (χ0v) is 13.7. The van der Waals surface area contributed by atoms with E-state index in [1.54, 1.807) is 0 Å². The lowest BCUT2D eigenvalue weighted by Crippen LogP contribution is -2.61. The molecule has 25 heavy (non-hydrogen) atoms. The fourth-order valence-electron chi connectivity index (χ4n) is 2.81. The van der Waals surface area contributed by atoms with Crippen LogP contribution in [0.3, 0.4) is 0 Å². The number of rotatable bonds is 9. The zero-order chi connectivity index (χ0) is 19.4.